The fourth-order valence-corrected chi connectivity index (χ4v) is 3.50. The molecule has 0 aliphatic heterocycles. The van der Waals surface area contributed by atoms with E-state index in [0.29, 0.717) is 16.9 Å². The minimum Gasteiger partial charge on any atom is -0.368 e. The van der Waals surface area contributed by atoms with Gasteiger partial charge in [-0.05, 0) is 29.8 Å². The molecule has 28 heavy (non-hydrogen) atoms. The number of halogens is 3. The smallest absolute Gasteiger partial charge is 0.368 e. The van der Waals surface area contributed by atoms with E-state index in [1.807, 2.05) is 48.9 Å². The van der Waals surface area contributed by atoms with Gasteiger partial charge >= 0.3 is 6.18 Å². The molecule has 2 N–H and O–H groups in total. The molecule has 0 aliphatic rings. The van der Waals surface area contributed by atoms with E-state index in [-0.39, 0.29) is 5.95 Å². The van der Waals surface area contributed by atoms with Gasteiger partial charge in [0.1, 0.15) is 5.82 Å². The zero-order valence-corrected chi connectivity index (χ0v) is 15.5. The van der Waals surface area contributed by atoms with Gasteiger partial charge in [0.15, 0.2) is 0 Å². The highest BCUT2D eigenvalue weighted by Crippen LogP contribution is 2.39. The number of hydrogen-bond acceptors (Lipinski definition) is 4. The van der Waals surface area contributed by atoms with Crippen molar-refractivity contribution in [2.75, 3.05) is 24.7 Å². The monoisotopic (exact) mass is 385 g/mol. The van der Waals surface area contributed by atoms with E-state index in [9.17, 15) is 13.2 Å². The van der Waals surface area contributed by atoms with Crippen molar-refractivity contribution in [3.63, 3.8) is 0 Å². The molecule has 5 nitrogen and oxygen atoms in total. The van der Waals surface area contributed by atoms with E-state index < -0.39 is 11.7 Å². The SMILES string of the molecule is CN(C)c1nc(N)nc2cc(-c3ccc(C(F)(F)F)cc3)c3c(ccn3C)c12. The molecule has 0 amide bonds. The van der Waals surface area contributed by atoms with Crippen LogP contribution in [0.3, 0.4) is 0 Å². The number of alkyl halides is 3. The maximum Gasteiger partial charge on any atom is 0.416 e. The topological polar surface area (TPSA) is 60.0 Å². The van der Waals surface area contributed by atoms with Crippen LogP contribution in [0.15, 0.2) is 42.6 Å². The van der Waals surface area contributed by atoms with E-state index >= 15 is 0 Å². The van der Waals surface area contributed by atoms with Crippen LogP contribution in [0.5, 0.6) is 0 Å². The maximum absolute atomic E-state index is 12.9. The van der Waals surface area contributed by atoms with Gasteiger partial charge in [-0.2, -0.15) is 18.2 Å². The largest absolute Gasteiger partial charge is 0.416 e. The van der Waals surface area contributed by atoms with Gasteiger partial charge in [-0.25, -0.2) is 4.98 Å². The molecular weight excluding hydrogens is 367 g/mol. The number of fused-ring (bicyclic) bond motifs is 3. The Balaban J connectivity index is 2.05. The summed E-state index contributed by atoms with van der Waals surface area (Å²) >= 11 is 0. The van der Waals surface area contributed by atoms with Crippen LogP contribution in [0.4, 0.5) is 24.9 Å². The van der Waals surface area contributed by atoms with Crippen LogP contribution < -0.4 is 10.6 Å². The molecule has 0 radical (unpaired) electrons. The summed E-state index contributed by atoms with van der Waals surface area (Å²) in [6.07, 6.45) is -2.46. The average molecular weight is 385 g/mol. The van der Waals surface area contributed by atoms with Gasteiger partial charge in [0.25, 0.3) is 0 Å². The van der Waals surface area contributed by atoms with Crippen molar-refractivity contribution >= 4 is 33.6 Å². The molecule has 4 aromatic rings. The summed E-state index contributed by atoms with van der Waals surface area (Å²) in [7, 11) is 5.65. The predicted molar refractivity (Wildman–Crippen MR) is 105 cm³/mol. The summed E-state index contributed by atoms with van der Waals surface area (Å²) in [6.45, 7) is 0. The Kier molecular flexibility index (Phi) is 3.95. The number of aryl methyl sites for hydroxylation is 1. The van der Waals surface area contributed by atoms with Crippen LogP contribution >= 0.6 is 0 Å². The lowest BCUT2D eigenvalue weighted by Crippen LogP contribution is -2.13. The van der Waals surface area contributed by atoms with Crippen LogP contribution in [-0.2, 0) is 13.2 Å². The molecular formula is C20H18F3N5. The van der Waals surface area contributed by atoms with Crippen LogP contribution in [0.1, 0.15) is 5.56 Å². The van der Waals surface area contributed by atoms with Crippen molar-refractivity contribution in [3.05, 3.63) is 48.2 Å². The molecule has 2 aromatic carbocycles. The van der Waals surface area contributed by atoms with Crippen molar-refractivity contribution in [3.8, 4) is 11.1 Å². The fraction of sp³-hybridized carbons (Fsp3) is 0.200. The normalized spacial score (nSPS) is 12.1. The van der Waals surface area contributed by atoms with Crippen molar-refractivity contribution in [1.29, 1.82) is 0 Å². The van der Waals surface area contributed by atoms with Crippen molar-refractivity contribution < 1.29 is 13.2 Å². The Bertz CT molecular complexity index is 1190. The highest BCUT2D eigenvalue weighted by molar-refractivity contribution is 6.16. The van der Waals surface area contributed by atoms with E-state index in [4.69, 9.17) is 5.73 Å². The minimum atomic E-state index is -4.37. The molecule has 0 spiro atoms. The second kappa shape index (κ2) is 6.12. The van der Waals surface area contributed by atoms with E-state index in [2.05, 4.69) is 9.97 Å². The highest BCUT2D eigenvalue weighted by atomic mass is 19.4. The molecule has 2 aromatic heterocycles. The molecule has 4 rings (SSSR count). The lowest BCUT2D eigenvalue weighted by atomic mass is 9.98. The number of aromatic nitrogens is 3. The van der Waals surface area contributed by atoms with Crippen molar-refractivity contribution in [2.45, 2.75) is 6.18 Å². The number of nitrogens with zero attached hydrogens (tertiary/aromatic N) is 4. The predicted octanol–water partition coefficient (Wildman–Crippen LogP) is 4.46. The molecule has 0 aliphatic carbocycles. The average Bonchev–Trinajstić information content (AvgIpc) is 3.01. The van der Waals surface area contributed by atoms with Crippen LogP contribution in [0.25, 0.3) is 32.9 Å². The van der Waals surface area contributed by atoms with Gasteiger partial charge in [-0.1, -0.05) is 12.1 Å². The quantitative estimate of drug-likeness (QED) is 0.554. The highest BCUT2D eigenvalue weighted by Gasteiger charge is 2.30. The molecule has 0 saturated carbocycles. The summed E-state index contributed by atoms with van der Waals surface area (Å²) in [5, 5.41) is 1.77. The first-order valence-electron chi connectivity index (χ1n) is 8.57. The van der Waals surface area contributed by atoms with Gasteiger partial charge in [-0.15, -0.1) is 0 Å². The molecule has 8 heteroatoms. The lowest BCUT2D eigenvalue weighted by molar-refractivity contribution is -0.137. The zero-order chi connectivity index (χ0) is 20.2. The summed E-state index contributed by atoms with van der Waals surface area (Å²) in [4.78, 5) is 10.6. The summed E-state index contributed by atoms with van der Waals surface area (Å²) in [5.41, 5.74) is 8.20. The number of anilines is 2. The molecule has 2 heterocycles. The van der Waals surface area contributed by atoms with Gasteiger partial charge < -0.3 is 15.2 Å². The molecule has 0 bridgehead atoms. The first-order valence-corrected chi connectivity index (χ1v) is 8.57. The number of rotatable bonds is 2. The third kappa shape index (κ3) is 2.81. The van der Waals surface area contributed by atoms with Gasteiger partial charge in [0, 0.05) is 38.3 Å². The van der Waals surface area contributed by atoms with Crippen LogP contribution in [0.2, 0.25) is 0 Å². The second-order valence-corrected chi connectivity index (χ2v) is 6.88. The molecule has 144 valence electrons. The third-order valence-corrected chi connectivity index (χ3v) is 4.76. The molecule has 0 atom stereocenters. The van der Waals surface area contributed by atoms with Crippen LogP contribution in [-0.4, -0.2) is 28.6 Å². The summed E-state index contributed by atoms with van der Waals surface area (Å²) in [5.74, 6) is 0.836. The lowest BCUT2D eigenvalue weighted by Gasteiger charge is -2.17. The van der Waals surface area contributed by atoms with E-state index in [1.165, 1.54) is 12.1 Å². The maximum atomic E-state index is 12.9. The number of hydrogen-bond donors (Lipinski definition) is 1. The number of benzene rings is 2. The van der Waals surface area contributed by atoms with Crippen molar-refractivity contribution in [2.24, 2.45) is 7.05 Å². The summed E-state index contributed by atoms with van der Waals surface area (Å²) in [6, 6.07) is 8.95. The zero-order valence-electron chi connectivity index (χ0n) is 15.5. The second-order valence-electron chi connectivity index (χ2n) is 6.88. The van der Waals surface area contributed by atoms with E-state index in [1.54, 1.807) is 0 Å². The fourth-order valence-electron chi connectivity index (χ4n) is 3.50. The van der Waals surface area contributed by atoms with Gasteiger partial charge in [0.2, 0.25) is 5.95 Å². The first-order chi connectivity index (χ1) is 13.2. The van der Waals surface area contributed by atoms with Crippen LogP contribution in [0, 0.1) is 0 Å². The number of nitrogen functional groups attached to an aromatic ring is 1. The van der Waals surface area contributed by atoms with Gasteiger partial charge in [0.05, 0.1) is 22.0 Å². The third-order valence-electron chi connectivity index (χ3n) is 4.76. The Morgan fingerprint density at radius 3 is 2.32 bits per heavy atom. The Morgan fingerprint density at radius 2 is 1.71 bits per heavy atom. The molecule has 0 unspecified atom stereocenters. The van der Waals surface area contributed by atoms with Gasteiger partial charge in [-0.3, -0.25) is 0 Å². The van der Waals surface area contributed by atoms with Crippen molar-refractivity contribution in [1.82, 2.24) is 14.5 Å². The molecule has 0 saturated heterocycles. The summed E-state index contributed by atoms with van der Waals surface area (Å²) < 4.78 is 40.7. The standard InChI is InChI=1S/C20H18F3N5/c1-27(2)18-16-13-8-9-28(3)17(13)14(10-15(16)25-19(24)26-18)11-4-6-12(7-5-11)20(21,22)23/h4-10H,1-3H3,(H2,24,25,26). The Morgan fingerprint density at radius 1 is 1.04 bits per heavy atom. The minimum absolute atomic E-state index is 0.143. The molecule has 0 fully saturated rings. The Hall–Kier alpha value is -3.29. The Labute approximate surface area is 159 Å². The number of nitrogens with two attached hydrogens (primary N) is 1. The first kappa shape index (κ1) is 18.1. The van der Waals surface area contributed by atoms with E-state index in [0.717, 1.165) is 34.0 Å².